The monoisotopic (exact) mass is 312 g/mol. The Balaban J connectivity index is 2.67. The summed E-state index contributed by atoms with van der Waals surface area (Å²) in [6.07, 6.45) is 1.90. The van der Waals surface area contributed by atoms with Crippen LogP contribution in [0.2, 0.25) is 5.02 Å². The molecule has 0 aliphatic heterocycles. The van der Waals surface area contributed by atoms with Gasteiger partial charge < -0.3 is 0 Å². The molecule has 0 heterocycles. The maximum Gasteiger partial charge on any atom is 0.262 e. The number of unbranched alkanes of at least 4 members (excludes halogenated alkanes) is 1. The second-order valence-electron chi connectivity index (χ2n) is 3.60. The van der Waals surface area contributed by atoms with Crippen LogP contribution in [0.3, 0.4) is 0 Å². The molecule has 1 rings (SSSR count). The third kappa shape index (κ3) is 4.74. The Morgan fingerprint density at radius 1 is 1.28 bits per heavy atom. The molecule has 0 saturated carbocycles. The minimum atomic E-state index is -3.85. The molecule has 7 heteroatoms. The highest BCUT2D eigenvalue weighted by Gasteiger charge is 2.17. The minimum absolute atomic E-state index is 0.0617. The molecule has 18 heavy (non-hydrogen) atoms. The molecule has 1 aromatic carbocycles. The number of hydrogen-bond donors (Lipinski definition) is 0. The van der Waals surface area contributed by atoms with E-state index in [1.165, 1.54) is 6.07 Å². The summed E-state index contributed by atoms with van der Waals surface area (Å²) in [4.78, 5) is 9.74. The van der Waals surface area contributed by atoms with Gasteiger partial charge in [0, 0.05) is 16.2 Å². The molecule has 0 unspecified atom stereocenters. The summed E-state index contributed by atoms with van der Waals surface area (Å²) in [6, 6.07) is 4.54. The van der Waals surface area contributed by atoms with Gasteiger partial charge >= 0.3 is 0 Å². The van der Waals surface area contributed by atoms with Crippen molar-refractivity contribution in [3.8, 4) is 0 Å². The highest BCUT2D eigenvalue weighted by molar-refractivity contribution is 8.13. The largest absolute Gasteiger partial charge is 0.262 e. The average molecular weight is 313 g/mol. The van der Waals surface area contributed by atoms with Gasteiger partial charge in [-0.15, -0.1) is 0 Å². The average Bonchev–Trinajstić information content (AvgIpc) is 2.29. The zero-order valence-corrected chi connectivity index (χ0v) is 12.2. The van der Waals surface area contributed by atoms with Crippen LogP contribution in [0.1, 0.15) is 25.3 Å². The van der Waals surface area contributed by atoms with E-state index < -0.39 is 9.05 Å². The molecule has 0 amide bonds. The SMILES string of the molecule is CCCCOOCc1cccc(S(=O)(=O)Cl)c1Cl. The van der Waals surface area contributed by atoms with Gasteiger partial charge in [-0.25, -0.2) is 18.2 Å². The van der Waals surface area contributed by atoms with Crippen molar-refractivity contribution in [3.63, 3.8) is 0 Å². The summed E-state index contributed by atoms with van der Waals surface area (Å²) >= 11 is 5.93. The summed E-state index contributed by atoms with van der Waals surface area (Å²) in [6.45, 7) is 2.60. The Kier molecular flexibility index (Phi) is 6.38. The molecule has 0 aromatic heterocycles. The molecule has 102 valence electrons. The first-order valence-corrected chi connectivity index (χ1v) is 8.12. The van der Waals surface area contributed by atoms with E-state index in [-0.39, 0.29) is 16.5 Å². The lowest BCUT2D eigenvalue weighted by Gasteiger charge is -2.07. The lowest BCUT2D eigenvalue weighted by molar-refractivity contribution is -0.304. The maximum atomic E-state index is 11.2. The van der Waals surface area contributed by atoms with Crippen molar-refractivity contribution in [2.45, 2.75) is 31.3 Å². The summed E-state index contributed by atoms with van der Waals surface area (Å²) in [5, 5.41) is 0.0617. The van der Waals surface area contributed by atoms with Crippen LogP contribution in [-0.4, -0.2) is 15.0 Å². The second kappa shape index (κ2) is 7.31. The van der Waals surface area contributed by atoms with Crippen LogP contribution in [0.25, 0.3) is 0 Å². The standard InChI is InChI=1S/C11H14Cl2O4S/c1-2-3-7-16-17-8-9-5-4-6-10(11(9)12)18(13,14)15/h4-6H,2-3,7-8H2,1H3. The normalized spacial score (nSPS) is 11.7. The third-order valence-corrected chi connectivity index (χ3v) is 4.11. The van der Waals surface area contributed by atoms with E-state index in [0.717, 1.165) is 12.8 Å². The molecule has 1 aromatic rings. The van der Waals surface area contributed by atoms with E-state index in [9.17, 15) is 8.42 Å². The van der Waals surface area contributed by atoms with E-state index in [2.05, 4.69) is 0 Å². The van der Waals surface area contributed by atoms with E-state index in [1.807, 2.05) is 6.92 Å². The van der Waals surface area contributed by atoms with Crippen LogP contribution in [-0.2, 0) is 25.4 Å². The topological polar surface area (TPSA) is 52.6 Å². The fourth-order valence-electron chi connectivity index (χ4n) is 1.22. The molecule has 4 nitrogen and oxygen atoms in total. The van der Waals surface area contributed by atoms with Crippen molar-refractivity contribution < 1.29 is 18.2 Å². The molecule has 0 saturated heterocycles. The zero-order valence-electron chi connectivity index (χ0n) is 9.86. The Morgan fingerprint density at radius 2 is 2.00 bits per heavy atom. The predicted molar refractivity (Wildman–Crippen MR) is 70.1 cm³/mol. The summed E-state index contributed by atoms with van der Waals surface area (Å²) < 4.78 is 22.5. The fraction of sp³-hybridized carbons (Fsp3) is 0.455. The van der Waals surface area contributed by atoms with Gasteiger partial charge in [0.15, 0.2) is 0 Å². The molecule has 0 radical (unpaired) electrons. The lowest BCUT2D eigenvalue weighted by atomic mass is 10.2. The molecule has 0 N–H and O–H groups in total. The van der Waals surface area contributed by atoms with Gasteiger partial charge in [-0.05, 0) is 12.5 Å². The fourth-order valence-corrected chi connectivity index (χ4v) is 2.80. The third-order valence-electron chi connectivity index (χ3n) is 2.18. The molecule has 0 spiro atoms. The minimum Gasteiger partial charge on any atom is -0.236 e. The molecular formula is C11H14Cl2O4S. The Hall–Kier alpha value is -0.330. The molecule has 0 aliphatic rings. The quantitative estimate of drug-likeness (QED) is 0.334. The first-order chi connectivity index (χ1) is 8.46. The molecular weight excluding hydrogens is 299 g/mol. The van der Waals surface area contributed by atoms with Gasteiger partial charge in [-0.2, -0.15) is 0 Å². The van der Waals surface area contributed by atoms with Crippen LogP contribution in [0.15, 0.2) is 23.1 Å². The van der Waals surface area contributed by atoms with Crippen LogP contribution >= 0.6 is 22.3 Å². The van der Waals surface area contributed by atoms with E-state index in [4.69, 9.17) is 32.1 Å². The molecule has 0 atom stereocenters. The van der Waals surface area contributed by atoms with Crippen molar-refractivity contribution in [1.82, 2.24) is 0 Å². The molecule has 0 bridgehead atoms. The maximum absolute atomic E-state index is 11.2. The first-order valence-electron chi connectivity index (χ1n) is 5.43. The second-order valence-corrected chi connectivity index (χ2v) is 6.52. The van der Waals surface area contributed by atoms with E-state index in [0.29, 0.717) is 12.2 Å². The number of rotatable bonds is 7. The van der Waals surface area contributed by atoms with E-state index in [1.54, 1.807) is 12.1 Å². The van der Waals surface area contributed by atoms with Gasteiger partial charge in [-0.1, -0.05) is 37.1 Å². The summed E-state index contributed by atoms with van der Waals surface area (Å²) in [5.41, 5.74) is 0.509. The van der Waals surface area contributed by atoms with Crippen molar-refractivity contribution in [1.29, 1.82) is 0 Å². The van der Waals surface area contributed by atoms with Crippen LogP contribution in [0.4, 0.5) is 0 Å². The van der Waals surface area contributed by atoms with Crippen LogP contribution < -0.4 is 0 Å². The Morgan fingerprint density at radius 3 is 2.61 bits per heavy atom. The highest BCUT2D eigenvalue weighted by atomic mass is 35.7. The van der Waals surface area contributed by atoms with Crippen LogP contribution in [0.5, 0.6) is 0 Å². The first kappa shape index (κ1) is 15.7. The van der Waals surface area contributed by atoms with E-state index >= 15 is 0 Å². The van der Waals surface area contributed by atoms with Crippen molar-refractivity contribution in [2.75, 3.05) is 6.61 Å². The van der Waals surface area contributed by atoms with Gasteiger partial charge in [0.05, 0.1) is 11.6 Å². The summed E-state index contributed by atoms with van der Waals surface area (Å²) in [7, 11) is 1.40. The van der Waals surface area contributed by atoms with Crippen molar-refractivity contribution in [2.24, 2.45) is 0 Å². The van der Waals surface area contributed by atoms with Crippen LogP contribution in [0, 0.1) is 0 Å². The molecule has 0 fully saturated rings. The number of halogens is 2. The zero-order chi connectivity index (χ0) is 13.6. The smallest absolute Gasteiger partial charge is 0.236 e. The van der Waals surface area contributed by atoms with Crippen molar-refractivity contribution in [3.05, 3.63) is 28.8 Å². The molecule has 0 aliphatic carbocycles. The highest BCUT2D eigenvalue weighted by Crippen LogP contribution is 2.28. The van der Waals surface area contributed by atoms with Gasteiger partial charge in [0.2, 0.25) is 0 Å². The lowest BCUT2D eigenvalue weighted by Crippen LogP contribution is -2.00. The number of hydrogen-bond acceptors (Lipinski definition) is 4. The van der Waals surface area contributed by atoms with Crippen molar-refractivity contribution >= 4 is 31.3 Å². The summed E-state index contributed by atoms with van der Waals surface area (Å²) in [5.74, 6) is 0. The van der Waals surface area contributed by atoms with Gasteiger partial charge in [0.25, 0.3) is 9.05 Å². The number of benzene rings is 1. The van der Waals surface area contributed by atoms with Gasteiger partial charge in [0.1, 0.15) is 11.5 Å². The predicted octanol–water partition coefficient (Wildman–Crippen LogP) is 3.52. The Bertz CT molecular complexity index is 488. The van der Waals surface area contributed by atoms with Gasteiger partial charge in [-0.3, -0.25) is 0 Å². The Labute approximate surface area is 116 Å².